The van der Waals surface area contributed by atoms with Crippen molar-refractivity contribution in [2.75, 3.05) is 6.16 Å². The normalized spacial score (nSPS) is 13.9. The molecule has 0 saturated heterocycles. The van der Waals surface area contributed by atoms with Crippen LogP contribution in [0.1, 0.15) is 26.2 Å². The van der Waals surface area contributed by atoms with E-state index in [1.54, 1.807) is 0 Å². The molecule has 0 aromatic carbocycles. The zero-order chi connectivity index (χ0) is 6.41. The van der Waals surface area contributed by atoms with Crippen LogP contribution in [0.25, 0.3) is 0 Å². The van der Waals surface area contributed by atoms with E-state index in [-0.39, 0.29) is 0 Å². The zero-order valence-corrected chi connectivity index (χ0v) is 7.87. The van der Waals surface area contributed by atoms with Gasteiger partial charge in [0.1, 0.15) is 0 Å². The first kappa shape index (κ1) is 8.86. The average molecular weight is 150 g/mol. The molecule has 0 spiro atoms. The van der Waals surface area contributed by atoms with Crippen LogP contribution in [0.15, 0.2) is 0 Å². The summed E-state index contributed by atoms with van der Waals surface area (Å²) in [5.74, 6) is 0. The van der Waals surface area contributed by atoms with Gasteiger partial charge in [0.2, 0.25) is 0 Å². The summed E-state index contributed by atoms with van der Waals surface area (Å²) in [7, 11) is 5.65. The van der Waals surface area contributed by atoms with E-state index < -0.39 is 0 Å². The van der Waals surface area contributed by atoms with Gasteiger partial charge in [-0.3, -0.25) is 0 Å². The Balaban J connectivity index is 2.92. The minimum absolute atomic E-state index is 0.859. The predicted molar refractivity (Wildman–Crippen MR) is 47.6 cm³/mol. The van der Waals surface area contributed by atoms with Crippen LogP contribution in [-0.2, 0) is 0 Å². The Morgan fingerprint density at radius 2 is 2.00 bits per heavy atom. The standard InChI is InChI=1S/C6H16P2/c1-2-3-6(8)4-5-7/h6H,2-5,7-8H2,1H3. The largest absolute Gasteiger partial charge is 0.138 e. The van der Waals surface area contributed by atoms with Gasteiger partial charge in [-0.1, -0.05) is 13.3 Å². The molecule has 2 heteroatoms. The lowest BCUT2D eigenvalue weighted by Crippen LogP contribution is -1.96. The fourth-order valence-corrected chi connectivity index (χ4v) is 2.07. The third-order valence-corrected chi connectivity index (χ3v) is 2.20. The lowest BCUT2D eigenvalue weighted by Gasteiger charge is -2.05. The van der Waals surface area contributed by atoms with Gasteiger partial charge in [-0.05, 0) is 24.7 Å². The van der Waals surface area contributed by atoms with E-state index in [0.717, 1.165) is 5.66 Å². The Morgan fingerprint density at radius 1 is 1.38 bits per heavy atom. The van der Waals surface area contributed by atoms with Crippen molar-refractivity contribution in [1.29, 1.82) is 0 Å². The second-order valence-corrected chi connectivity index (χ2v) is 3.65. The lowest BCUT2D eigenvalue weighted by molar-refractivity contribution is 0.724. The van der Waals surface area contributed by atoms with E-state index in [1.807, 2.05) is 0 Å². The van der Waals surface area contributed by atoms with Gasteiger partial charge in [0.25, 0.3) is 0 Å². The highest BCUT2D eigenvalue weighted by molar-refractivity contribution is 7.18. The van der Waals surface area contributed by atoms with Gasteiger partial charge < -0.3 is 0 Å². The monoisotopic (exact) mass is 150 g/mol. The number of hydrogen-bond donors (Lipinski definition) is 0. The molecule has 0 N–H and O–H groups in total. The molecular weight excluding hydrogens is 134 g/mol. The lowest BCUT2D eigenvalue weighted by atomic mass is 10.2. The van der Waals surface area contributed by atoms with Crippen LogP contribution >= 0.6 is 18.5 Å². The molecule has 0 aliphatic heterocycles. The van der Waals surface area contributed by atoms with Gasteiger partial charge in [-0.15, -0.1) is 18.5 Å². The zero-order valence-electron chi connectivity index (χ0n) is 5.56. The molecule has 0 aromatic rings. The molecule has 0 heterocycles. The third kappa shape index (κ3) is 5.01. The highest BCUT2D eigenvalue weighted by atomic mass is 31.0. The molecule has 0 amide bonds. The highest BCUT2D eigenvalue weighted by Crippen LogP contribution is 2.12. The van der Waals surface area contributed by atoms with Crippen molar-refractivity contribution in [3.05, 3.63) is 0 Å². The van der Waals surface area contributed by atoms with Crippen molar-refractivity contribution in [3.8, 4) is 0 Å². The second kappa shape index (κ2) is 5.99. The molecule has 0 rings (SSSR count). The first-order valence-corrected chi connectivity index (χ1v) is 4.75. The van der Waals surface area contributed by atoms with Crippen molar-refractivity contribution in [2.45, 2.75) is 31.8 Å². The maximum atomic E-state index is 2.89. The number of hydrogen-bond acceptors (Lipinski definition) is 0. The first-order chi connectivity index (χ1) is 3.81. The van der Waals surface area contributed by atoms with Gasteiger partial charge in [0, 0.05) is 0 Å². The molecule has 0 nitrogen and oxygen atoms in total. The maximum Gasteiger partial charge on any atom is -0.0261 e. The summed E-state index contributed by atoms with van der Waals surface area (Å²) in [4.78, 5) is 0. The van der Waals surface area contributed by atoms with E-state index >= 15 is 0 Å². The topological polar surface area (TPSA) is 0 Å². The molecule has 0 radical (unpaired) electrons. The van der Waals surface area contributed by atoms with E-state index in [1.165, 1.54) is 25.4 Å². The summed E-state index contributed by atoms with van der Waals surface area (Å²) in [5, 5.41) is 0. The third-order valence-electron chi connectivity index (χ3n) is 1.20. The fraction of sp³-hybridized carbons (Fsp3) is 1.00. The van der Waals surface area contributed by atoms with E-state index in [2.05, 4.69) is 25.4 Å². The van der Waals surface area contributed by atoms with Crippen LogP contribution in [-0.4, -0.2) is 11.8 Å². The Hall–Kier alpha value is 0.860. The quantitative estimate of drug-likeness (QED) is 0.539. The molecule has 0 aliphatic rings. The van der Waals surface area contributed by atoms with E-state index in [4.69, 9.17) is 0 Å². The van der Waals surface area contributed by atoms with Crippen LogP contribution < -0.4 is 0 Å². The summed E-state index contributed by atoms with van der Waals surface area (Å²) in [6.07, 6.45) is 5.26. The van der Waals surface area contributed by atoms with Gasteiger partial charge in [0.05, 0.1) is 0 Å². The molecule has 0 fully saturated rings. The smallest absolute Gasteiger partial charge is 0.0261 e. The first-order valence-electron chi connectivity index (χ1n) is 3.27. The predicted octanol–water partition coefficient (Wildman–Crippen LogP) is 2.30. The van der Waals surface area contributed by atoms with Gasteiger partial charge in [0.15, 0.2) is 0 Å². The molecule has 0 aliphatic carbocycles. The molecule has 8 heavy (non-hydrogen) atoms. The summed E-state index contributed by atoms with van der Waals surface area (Å²) in [6, 6.07) is 0. The average Bonchev–Trinajstić information content (AvgIpc) is 1.68. The Bertz CT molecular complexity index is 39.8. The van der Waals surface area contributed by atoms with Crippen molar-refractivity contribution >= 4 is 18.5 Å². The molecule has 0 bridgehead atoms. The van der Waals surface area contributed by atoms with Crippen LogP contribution in [0.3, 0.4) is 0 Å². The minimum Gasteiger partial charge on any atom is -0.138 e. The Morgan fingerprint density at radius 3 is 2.38 bits per heavy atom. The van der Waals surface area contributed by atoms with Crippen molar-refractivity contribution < 1.29 is 0 Å². The fourth-order valence-electron chi connectivity index (χ4n) is 0.729. The molecule has 3 unspecified atom stereocenters. The maximum absolute atomic E-state index is 2.89. The molecule has 3 atom stereocenters. The van der Waals surface area contributed by atoms with Crippen LogP contribution in [0.5, 0.6) is 0 Å². The van der Waals surface area contributed by atoms with Crippen molar-refractivity contribution in [3.63, 3.8) is 0 Å². The Labute approximate surface area is 57.2 Å². The summed E-state index contributed by atoms with van der Waals surface area (Å²) in [6.45, 7) is 2.24. The van der Waals surface area contributed by atoms with E-state index in [0.29, 0.717) is 0 Å². The van der Waals surface area contributed by atoms with Gasteiger partial charge in [-0.2, -0.15) is 0 Å². The molecule has 0 aromatic heterocycles. The summed E-state index contributed by atoms with van der Waals surface area (Å²) < 4.78 is 0. The van der Waals surface area contributed by atoms with E-state index in [9.17, 15) is 0 Å². The van der Waals surface area contributed by atoms with Crippen LogP contribution in [0.2, 0.25) is 0 Å². The van der Waals surface area contributed by atoms with Crippen LogP contribution in [0.4, 0.5) is 0 Å². The Kier molecular flexibility index (Phi) is 6.63. The summed E-state index contributed by atoms with van der Waals surface area (Å²) >= 11 is 0. The van der Waals surface area contributed by atoms with Crippen molar-refractivity contribution in [2.24, 2.45) is 0 Å². The van der Waals surface area contributed by atoms with Gasteiger partial charge in [-0.25, -0.2) is 0 Å². The molecular formula is C6H16P2. The van der Waals surface area contributed by atoms with Gasteiger partial charge >= 0.3 is 0 Å². The molecule has 0 saturated carbocycles. The minimum atomic E-state index is 0.859. The highest BCUT2D eigenvalue weighted by Gasteiger charge is 1.96. The SMILES string of the molecule is CCCC(P)CCP. The van der Waals surface area contributed by atoms with Crippen molar-refractivity contribution in [1.82, 2.24) is 0 Å². The number of rotatable bonds is 4. The van der Waals surface area contributed by atoms with Crippen LogP contribution in [0, 0.1) is 0 Å². The summed E-state index contributed by atoms with van der Waals surface area (Å²) in [5.41, 5.74) is 0.859. The second-order valence-electron chi connectivity index (χ2n) is 2.13. The molecule has 50 valence electrons.